The van der Waals surface area contributed by atoms with Gasteiger partial charge in [0.05, 0.1) is 0 Å². The highest BCUT2D eigenvalue weighted by molar-refractivity contribution is 5.78. The smallest absolute Gasteiger partial charge is 0.0416 e. The van der Waals surface area contributed by atoms with E-state index >= 15 is 0 Å². The van der Waals surface area contributed by atoms with Crippen molar-refractivity contribution in [3.63, 3.8) is 0 Å². The molecule has 0 bridgehead atoms. The molecule has 1 heteroatoms. The fourth-order valence-electron chi connectivity index (χ4n) is 3.01. The van der Waals surface area contributed by atoms with E-state index in [0.29, 0.717) is 5.92 Å². The molecule has 2 rings (SSSR count). The summed E-state index contributed by atoms with van der Waals surface area (Å²) in [6, 6.07) is 8.46. The third-order valence-corrected chi connectivity index (χ3v) is 4.33. The number of hydrogen-bond donors (Lipinski definition) is 1. The first-order chi connectivity index (χ1) is 9.48. The minimum absolute atomic E-state index is 0.0130. The quantitative estimate of drug-likeness (QED) is 0.764. The molecule has 0 unspecified atom stereocenters. The van der Waals surface area contributed by atoms with E-state index in [9.17, 15) is 0 Å². The second-order valence-electron chi connectivity index (χ2n) is 6.05. The summed E-state index contributed by atoms with van der Waals surface area (Å²) >= 11 is 0. The van der Waals surface area contributed by atoms with Gasteiger partial charge in [-0.05, 0) is 30.9 Å². The third-order valence-electron chi connectivity index (χ3n) is 4.33. The van der Waals surface area contributed by atoms with Crippen LogP contribution >= 0.6 is 0 Å². The van der Waals surface area contributed by atoms with Crippen LogP contribution in [0.15, 0.2) is 54.6 Å². The lowest BCUT2D eigenvalue weighted by atomic mass is 9.69. The Bertz CT molecular complexity index is 561. The molecule has 0 amide bonds. The van der Waals surface area contributed by atoms with Crippen LogP contribution < -0.4 is 5.32 Å². The van der Waals surface area contributed by atoms with Crippen molar-refractivity contribution < 1.29 is 0 Å². The minimum atomic E-state index is 0.0130. The van der Waals surface area contributed by atoms with Crippen LogP contribution in [0.1, 0.15) is 33.3 Å². The topological polar surface area (TPSA) is 12.0 Å². The summed E-state index contributed by atoms with van der Waals surface area (Å²) in [6.45, 7) is 14.2. The standard InChI is InChI=1S/C19H25N/c1-6-20-18-13-8-7-11-16(18)15(3)19(4,5)17-12-9-10-14(17)2/h7-13,17,20H,3,6H2,1-2,4-5H3/t17-/m1/s1. The van der Waals surface area contributed by atoms with E-state index < -0.39 is 0 Å². The van der Waals surface area contributed by atoms with Gasteiger partial charge in [0.15, 0.2) is 0 Å². The Hall–Kier alpha value is -1.76. The third kappa shape index (κ3) is 2.58. The maximum absolute atomic E-state index is 4.42. The molecule has 1 aromatic rings. The largest absolute Gasteiger partial charge is 0.385 e. The minimum Gasteiger partial charge on any atom is -0.385 e. The fraction of sp³-hybridized carbons (Fsp3) is 0.368. The maximum Gasteiger partial charge on any atom is 0.0416 e. The van der Waals surface area contributed by atoms with Crippen molar-refractivity contribution in [2.24, 2.45) is 11.3 Å². The zero-order valence-corrected chi connectivity index (χ0v) is 13.0. The van der Waals surface area contributed by atoms with Crippen molar-refractivity contribution in [3.8, 4) is 0 Å². The molecule has 106 valence electrons. The summed E-state index contributed by atoms with van der Waals surface area (Å²) in [5.74, 6) is 0.435. The Labute approximate surface area is 123 Å². The molecule has 0 saturated carbocycles. The Morgan fingerprint density at radius 2 is 2.00 bits per heavy atom. The maximum atomic E-state index is 4.42. The van der Waals surface area contributed by atoms with Crippen molar-refractivity contribution in [2.75, 3.05) is 11.9 Å². The highest BCUT2D eigenvalue weighted by Gasteiger charge is 2.34. The monoisotopic (exact) mass is 267 g/mol. The second-order valence-corrected chi connectivity index (χ2v) is 6.05. The molecular formula is C19H25N. The van der Waals surface area contributed by atoms with Gasteiger partial charge in [-0.2, -0.15) is 0 Å². The van der Waals surface area contributed by atoms with Gasteiger partial charge in [-0.25, -0.2) is 0 Å². The molecule has 0 spiro atoms. The summed E-state index contributed by atoms with van der Waals surface area (Å²) < 4.78 is 0. The molecule has 1 atom stereocenters. The molecule has 0 heterocycles. The van der Waals surface area contributed by atoms with Crippen molar-refractivity contribution in [1.29, 1.82) is 0 Å². The van der Waals surface area contributed by atoms with Crippen LogP contribution in [0.3, 0.4) is 0 Å². The molecule has 0 fully saturated rings. The van der Waals surface area contributed by atoms with E-state index in [0.717, 1.165) is 6.54 Å². The van der Waals surface area contributed by atoms with E-state index in [1.807, 2.05) is 0 Å². The predicted molar refractivity (Wildman–Crippen MR) is 89.8 cm³/mol. The van der Waals surface area contributed by atoms with Crippen molar-refractivity contribution in [1.82, 2.24) is 0 Å². The van der Waals surface area contributed by atoms with Crippen molar-refractivity contribution >= 4 is 11.3 Å². The van der Waals surface area contributed by atoms with Crippen molar-refractivity contribution in [2.45, 2.75) is 27.7 Å². The number of allylic oxidation sites excluding steroid dienone is 5. The van der Waals surface area contributed by atoms with E-state index in [1.54, 1.807) is 0 Å². The summed E-state index contributed by atoms with van der Waals surface area (Å²) in [7, 11) is 0. The summed E-state index contributed by atoms with van der Waals surface area (Å²) in [5, 5.41) is 3.44. The lowest BCUT2D eigenvalue weighted by molar-refractivity contribution is 0.408. The molecule has 1 nitrogen and oxygen atoms in total. The highest BCUT2D eigenvalue weighted by atomic mass is 14.9. The normalized spacial score (nSPS) is 18.0. The number of rotatable bonds is 5. The Kier molecular flexibility index (Phi) is 4.17. The van der Waals surface area contributed by atoms with E-state index in [1.165, 1.54) is 22.4 Å². The van der Waals surface area contributed by atoms with Crippen LogP contribution in [-0.2, 0) is 0 Å². The molecular weight excluding hydrogens is 242 g/mol. The molecule has 1 N–H and O–H groups in total. The lowest BCUT2D eigenvalue weighted by Gasteiger charge is -2.35. The Morgan fingerprint density at radius 3 is 2.60 bits per heavy atom. The Balaban J connectivity index is 2.36. The van der Waals surface area contributed by atoms with Gasteiger partial charge < -0.3 is 5.32 Å². The zero-order chi connectivity index (χ0) is 14.8. The Morgan fingerprint density at radius 1 is 1.30 bits per heavy atom. The van der Waals surface area contributed by atoms with E-state index in [-0.39, 0.29) is 5.41 Å². The second kappa shape index (κ2) is 5.70. The van der Waals surface area contributed by atoms with Crippen LogP contribution in [0.5, 0.6) is 0 Å². The number of nitrogens with one attached hydrogen (secondary N) is 1. The van der Waals surface area contributed by atoms with Gasteiger partial charge in [0.2, 0.25) is 0 Å². The number of para-hydroxylation sites is 1. The molecule has 0 saturated heterocycles. The van der Waals surface area contributed by atoms with Crippen LogP contribution in [0.25, 0.3) is 5.57 Å². The molecule has 1 aromatic carbocycles. The average Bonchev–Trinajstić information content (AvgIpc) is 2.86. The van der Waals surface area contributed by atoms with Gasteiger partial charge in [-0.3, -0.25) is 0 Å². The van der Waals surface area contributed by atoms with E-state index in [2.05, 4.69) is 82.1 Å². The summed E-state index contributed by atoms with van der Waals surface area (Å²) in [6.07, 6.45) is 6.65. The lowest BCUT2D eigenvalue weighted by Crippen LogP contribution is -2.24. The van der Waals surface area contributed by atoms with Gasteiger partial charge in [0, 0.05) is 23.7 Å². The zero-order valence-electron chi connectivity index (χ0n) is 13.0. The van der Waals surface area contributed by atoms with Gasteiger partial charge in [-0.1, -0.05) is 62.4 Å². The van der Waals surface area contributed by atoms with Gasteiger partial charge in [0.1, 0.15) is 0 Å². The molecule has 0 radical (unpaired) electrons. The first-order valence-electron chi connectivity index (χ1n) is 7.36. The number of anilines is 1. The van der Waals surface area contributed by atoms with Crippen LogP contribution in [0, 0.1) is 11.3 Å². The fourth-order valence-corrected chi connectivity index (χ4v) is 3.01. The first-order valence-corrected chi connectivity index (χ1v) is 7.36. The van der Waals surface area contributed by atoms with Gasteiger partial charge in [-0.15, -0.1) is 0 Å². The van der Waals surface area contributed by atoms with Crippen LogP contribution in [0.4, 0.5) is 5.69 Å². The summed E-state index contributed by atoms with van der Waals surface area (Å²) in [4.78, 5) is 0. The molecule has 0 aliphatic heterocycles. The average molecular weight is 267 g/mol. The van der Waals surface area contributed by atoms with Gasteiger partial charge in [0.25, 0.3) is 0 Å². The number of hydrogen-bond acceptors (Lipinski definition) is 1. The van der Waals surface area contributed by atoms with E-state index in [4.69, 9.17) is 0 Å². The predicted octanol–water partition coefficient (Wildman–Crippen LogP) is 5.29. The van der Waals surface area contributed by atoms with Crippen molar-refractivity contribution in [3.05, 3.63) is 60.2 Å². The molecule has 0 aromatic heterocycles. The molecule has 20 heavy (non-hydrogen) atoms. The molecule has 1 aliphatic carbocycles. The molecule has 1 aliphatic rings. The first kappa shape index (κ1) is 14.6. The van der Waals surface area contributed by atoms with Gasteiger partial charge >= 0.3 is 0 Å². The van der Waals surface area contributed by atoms with Crippen LogP contribution in [0.2, 0.25) is 0 Å². The number of benzene rings is 1. The highest BCUT2D eigenvalue weighted by Crippen LogP contribution is 2.46. The SMILES string of the molecule is C=C(c1ccccc1NCC)C(C)(C)[C@@H]1C=CC=C1C. The summed E-state index contributed by atoms with van der Waals surface area (Å²) in [5.41, 5.74) is 5.03. The van der Waals surface area contributed by atoms with Crippen LogP contribution in [-0.4, -0.2) is 6.54 Å².